The van der Waals surface area contributed by atoms with E-state index in [4.69, 9.17) is 0 Å². The second-order valence-corrected chi connectivity index (χ2v) is 5.88. The maximum atomic E-state index is 13.1. The van der Waals surface area contributed by atoms with Gasteiger partial charge in [-0.05, 0) is 18.2 Å². The topological polar surface area (TPSA) is 23.6 Å². The van der Waals surface area contributed by atoms with Crippen molar-refractivity contribution in [3.05, 3.63) is 71.8 Å². The van der Waals surface area contributed by atoms with Gasteiger partial charge in [-0.1, -0.05) is 60.7 Å². The summed E-state index contributed by atoms with van der Waals surface area (Å²) >= 11 is 0. The van der Waals surface area contributed by atoms with Crippen LogP contribution in [0.15, 0.2) is 60.7 Å². The van der Waals surface area contributed by atoms with Crippen LogP contribution in [0.5, 0.6) is 0 Å². The smallest absolute Gasteiger partial charge is 0.234 e. The van der Waals surface area contributed by atoms with E-state index in [1.807, 2.05) is 65.6 Å². The van der Waals surface area contributed by atoms with E-state index in [0.29, 0.717) is 0 Å². The SMILES string of the molecule is CN1CCN(C(=O)C(c2ccccc2)c2ccccc2)CC1. The molecule has 0 saturated carbocycles. The predicted molar refractivity (Wildman–Crippen MR) is 88.8 cm³/mol. The van der Waals surface area contributed by atoms with Crippen LogP contribution in [0.3, 0.4) is 0 Å². The van der Waals surface area contributed by atoms with Crippen LogP contribution in [-0.2, 0) is 4.79 Å². The largest absolute Gasteiger partial charge is 0.339 e. The Morgan fingerprint density at radius 2 is 1.27 bits per heavy atom. The van der Waals surface area contributed by atoms with E-state index in [1.165, 1.54) is 0 Å². The van der Waals surface area contributed by atoms with Crippen molar-refractivity contribution in [1.29, 1.82) is 0 Å². The summed E-state index contributed by atoms with van der Waals surface area (Å²) in [6, 6.07) is 20.2. The molecule has 3 rings (SSSR count). The summed E-state index contributed by atoms with van der Waals surface area (Å²) in [5.41, 5.74) is 2.13. The van der Waals surface area contributed by atoms with Crippen LogP contribution >= 0.6 is 0 Å². The van der Waals surface area contributed by atoms with E-state index in [-0.39, 0.29) is 11.8 Å². The summed E-state index contributed by atoms with van der Waals surface area (Å²) in [6.07, 6.45) is 0. The molecule has 1 aliphatic rings. The molecular formula is C19H22N2O. The summed E-state index contributed by atoms with van der Waals surface area (Å²) in [4.78, 5) is 17.4. The molecule has 0 aliphatic carbocycles. The quantitative estimate of drug-likeness (QED) is 0.869. The summed E-state index contributed by atoms with van der Waals surface area (Å²) < 4.78 is 0. The van der Waals surface area contributed by atoms with E-state index in [1.54, 1.807) is 0 Å². The molecule has 22 heavy (non-hydrogen) atoms. The molecule has 0 unspecified atom stereocenters. The lowest BCUT2D eigenvalue weighted by molar-refractivity contribution is -0.133. The molecule has 1 amide bonds. The van der Waals surface area contributed by atoms with Crippen LogP contribution in [0.4, 0.5) is 0 Å². The molecule has 1 heterocycles. The van der Waals surface area contributed by atoms with E-state index in [0.717, 1.165) is 37.3 Å². The van der Waals surface area contributed by atoms with Gasteiger partial charge in [0.05, 0.1) is 5.92 Å². The Morgan fingerprint density at radius 1 is 0.818 bits per heavy atom. The van der Waals surface area contributed by atoms with E-state index >= 15 is 0 Å². The molecule has 1 aliphatic heterocycles. The lowest BCUT2D eigenvalue weighted by Gasteiger charge is -2.35. The molecule has 2 aromatic carbocycles. The zero-order chi connectivity index (χ0) is 15.4. The van der Waals surface area contributed by atoms with Gasteiger partial charge in [0.1, 0.15) is 0 Å². The Hall–Kier alpha value is -2.13. The van der Waals surface area contributed by atoms with Gasteiger partial charge in [-0.15, -0.1) is 0 Å². The molecule has 0 spiro atoms. The van der Waals surface area contributed by atoms with Gasteiger partial charge in [-0.3, -0.25) is 4.79 Å². The number of hydrogen-bond acceptors (Lipinski definition) is 2. The first-order valence-corrected chi connectivity index (χ1v) is 7.83. The minimum atomic E-state index is -0.203. The summed E-state index contributed by atoms with van der Waals surface area (Å²) in [5, 5.41) is 0. The second kappa shape index (κ2) is 6.75. The molecule has 0 aromatic heterocycles. The second-order valence-electron chi connectivity index (χ2n) is 5.88. The normalized spacial score (nSPS) is 16.0. The summed E-state index contributed by atoms with van der Waals surface area (Å²) in [6.45, 7) is 3.51. The third-order valence-corrected chi connectivity index (χ3v) is 4.33. The number of nitrogens with zero attached hydrogens (tertiary/aromatic N) is 2. The molecule has 2 aromatic rings. The van der Waals surface area contributed by atoms with Gasteiger partial charge in [0.25, 0.3) is 0 Å². The fourth-order valence-electron chi connectivity index (χ4n) is 2.98. The number of likely N-dealkylation sites (N-methyl/N-ethyl adjacent to an activating group) is 1. The Morgan fingerprint density at radius 3 is 1.73 bits per heavy atom. The van der Waals surface area contributed by atoms with Crippen molar-refractivity contribution in [2.45, 2.75) is 5.92 Å². The number of rotatable bonds is 3. The highest BCUT2D eigenvalue weighted by Gasteiger charge is 2.28. The number of carbonyl (C=O) groups excluding carboxylic acids is 1. The average molecular weight is 294 g/mol. The molecule has 1 saturated heterocycles. The standard InChI is InChI=1S/C19H22N2O/c1-20-12-14-21(15-13-20)19(22)18(16-8-4-2-5-9-16)17-10-6-3-7-11-17/h2-11,18H,12-15H2,1H3. The molecule has 1 fully saturated rings. The fourth-order valence-corrected chi connectivity index (χ4v) is 2.98. The van der Waals surface area contributed by atoms with E-state index in [2.05, 4.69) is 11.9 Å². The maximum absolute atomic E-state index is 13.1. The third-order valence-electron chi connectivity index (χ3n) is 4.33. The zero-order valence-electron chi connectivity index (χ0n) is 13.0. The highest BCUT2D eigenvalue weighted by molar-refractivity contribution is 5.87. The van der Waals surface area contributed by atoms with Crippen molar-refractivity contribution < 1.29 is 4.79 Å². The molecular weight excluding hydrogens is 272 g/mol. The molecule has 3 heteroatoms. The fraction of sp³-hybridized carbons (Fsp3) is 0.316. The Kier molecular flexibility index (Phi) is 4.54. The number of benzene rings is 2. The van der Waals surface area contributed by atoms with E-state index in [9.17, 15) is 4.79 Å². The molecule has 114 valence electrons. The van der Waals surface area contributed by atoms with Crippen LogP contribution in [0.1, 0.15) is 17.0 Å². The molecule has 0 bridgehead atoms. The van der Waals surface area contributed by atoms with Gasteiger partial charge >= 0.3 is 0 Å². The molecule has 0 N–H and O–H groups in total. The Balaban J connectivity index is 1.90. The number of piperazine rings is 1. The molecule has 0 atom stereocenters. The van der Waals surface area contributed by atoms with E-state index < -0.39 is 0 Å². The predicted octanol–water partition coefficient (Wildman–Crippen LogP) is 2.59. The molecule has 0 radical (unpaired) electrons. The van der Waals surface area contributed by atoms with Gasteiger partial charge in [-0.25, -0.2) is 0 Å². The molecule has 3 nitrogen and oxygen atoms in total. The minimum absolute atomic E-state index is 0.203. The lowest BCUT2D eigenvalue weighted by atomic mass is 9.90. The highest BCUT2D eigenvalue weighted by Crippen LogP contribution is 2.27. The van der Waals surface area contributed by atoms with Crippen LogP contribution in [0.2, 0.25) is 0 Å². The van der Waals surface area contributed by atoms with Crippen molar-refractivity contribution in [3.8, 4) is 0 Å². The lowest BCUT2D eigenvalue weighted by Crippen LogP contribution is -2.48. The number of amides is 1. The Labute approximate surface area is 132 Å². The number of carbonyl (C=O) groups is 1. The van der Waals surface area contributed by atoms with Gasteiger partial charge in [-0.2, -0.15) is 0 Å². The van der Waals surface area contributed by atoms with Gasteiger partial charge < -0.3 is 9.80 Å². The maximum Gasteiger partial charge on any atom is 0.234 e. The monoisotopic (exact) mass is 294 g/mol. The van der Waals surface area contributed by atoms with Crippen molar-refractivity contribution in [2.24, 2.45) is 0 Å². The Bertz CT molecular complexity index is 564. The first-order chi connectivity index (χ1) is 10.8. The average Bonchev–Trinajstić information content (AvgIpc) is 2.57. The number of hydrogen-bond donors (Lipinski definition) is 0. The third kappa shape index (κ3) is 3.20. The zero-order valence-corrected chi connectivity index (χ0v) is 13.0. The van der Waals surface area contributed by atoms with Crippen LogP contribution in [0.25, 0.3) is 0 Å². The van der Waals surface area contributed by atoms with Gasteiger partial charge in [0.2, 0.25) is 5.91 Å². The van der Waals surface area contributed by atoms with Crippen molar-refractivity contribution in [2.75, 3.05) is 33.2 Å². The minimum Gasteiger partial charge on any atom is -0.339 e. The van der Waals surface area contributed by atoms with Crippen molar-refractivity contribution in [3.63, 3.8) is 0 Å². The van der Waals surface area contributed by atoms with Crippen LogP contribution in [-0.4, -0.2) is 48.9 Å². The van der Waals surface area contributed by atoms with Crippen LogP contribution in [0, 0.1) is 0 Å². The summed E-state index contributed by atoms with van der Waals surface area (Å²) in [7, 11) is 2.10. The van der Waals surface area contributed by atoms with Crippen LogP contribution < -0.4 is 0 Å². The van der Waals surface area contributed by atoms with Gasteiger partial charge in [0, 0.05) is 26.2 Å². The van der Waals surface area contributed by atoms with Gasteiger partial charge in [0.15, 0.2) is 0 Å². The summed E-state index contributed by atoms with van der Waals surface area (Å²) in [5.74, 6) is 0.0105. The first kappa shape index (κ1) is 14.8. The highest BCUT2D eigenvalue weighted by atomic mass is 16.2. The van der Waals surface area contributed by atoms with Crippen molar-refractivity contribution >= 4 is 5.91 Å². The first-order valence-electron chi connectivity index (χ1n) is 7.83. The van der Waals surface area contributed by atoms with Crippen molar-refractivity contribution in [1.82, 2.24) is 9.80 Å².